The summed E-state index contributed by atoms with van der Waals surface area (Å²) in [7, 11) is 0. The van der Waals surface area contributed by atoms with Crippen molar-refractivity contribution in [2.45, 2.75) is 19.0 Å². The van der Waals surface area contributed by atoms with Gasteiger partial charge in [-0.05, 0) is 24.1 Å². The molecule has 1 amide bonds. The van der Waals surface area contributed by atoms with Gasteiger partial charge in [0.25, 0.3) is 0 Å². The van der Waals surface area contributed by atoms with Crippen molar-refractivity contribution in [2.75, 3.05) is 13.2 Å². The number of nitrogens with zero attached hydrogens (tertiary/aromatic N) is 1. The lowest BCUT2D eigenvalue weighted by Gasteiger charge is -2.20. The van der Waals surface area contributed by atoms with Gasteiger partial charge >= 0.3 is 6.09 Å². The number of amides is 1. The number of benzene rings is 1. The van der Waals surface area contributed by atoms with Crippen LogP contribution in [-0.2, 0) is 11.3 Å². The normalized spacial score (nSPS) is 19.5. The van der Waals surface area contributed by atoms with Crippen LogP contribution in [0.4, 0.5) is 4.79 Å². The lowest BCUT2D eigenvalue weighted by atomic mass is 10.1. The second kappa shape index (κ2) is 5.51. The molecule has 0 bridgehead atoms. The second-order valence-corrected chi connectivity index (χ2v) is 4.91. The van der Waals surface area contributed by atoms with Crippen molar-refractivity contribution in [2.24, 2.45) is 0 Å². The molecule has 1 fully saturated rings. The molecule has 1 atom stereocenters. The smallest absolute Gasteiger partial charge is 0.410 e. The van der Waals surface area contributed by atoms with Gasteiger partial charge in [-0.25, -0.2) is 4.79 Å². The van der Waals surface area contributed by atoms with Crippen molar-refractivity contribution in [3.63, 3.8) is 0 Å². The molecule has 0 aromatic heterocycles. The van der Waals surface area contributed by atoms with Crippen molar-refractivity contribution in [1.29, 1.82) is 0 Å². The van der Waals surface area contributed by atoms with Crippen molar-refractivity contribution < 1.29 is 14.6 Å². The number of hydrogen-bond donors (Lipinski definition) is 1. The largest absolute Gasteiger partial charge is 0.447 e. The summed E-state index contributed by atoms with van der Waals surface area (Å²) in [5.74, 6) is 0. The van der Waals surface area contributed by atoms with Crippen LogP contribution in [0.25, 0.3) is 0 Å². The van der Waals surface area contributed by atoms with E-state index >= 15 is 0 Å². The van der Waals surface area contributed by atoms with Gasteiger partial charge < -0.3 is 9.84 Å². The first-order chi connectivity index (χ1) is 8.20. The fourth-order valence-corrected chi connectivity index (χ4v) is 2.12. The predicted octanol–water partition coefficient (Wildman–Crippen LogP) is 2.15. The van der Waals surface area contributed by atoms with Gasteiger partial charge in [0.05, 0.1) is 6.04 Å². The fourth-order valence-electron chi connectivity index (χ4n) is 1.86. The Bertz CT molecular complexity index is 393. The summed E-state index contributed by atoms with van der Waals surface area (Å²) in [4.78, 5) is 13.2. The Morgan fingerprint density at radius 2 is 2.12 bits per heavy atom. The first kappa shape index (κ1) is 12.4. The molecule has 0 radical (unpaired) electrons. The second-order valence-electron chi connectivity index (χ2n) is 4.00. The summed E-state index contributed by atoms with van der Waals surface area (Å²) in [6.45, 7) is 0.963. The van der Waals surface area contributed by atoms with E-state index in [-0.39, 0.29) is 18.7 Å². The zero-order valence-electron chi connectivity index (χ0n) is 9.30. The van der Waals surface area contributed by atoms with Crippen molar-refractivity contribution in [3.8, 4) is 0 Å². The summed E-state index contributed by atoms with van der Waals surface area (Å²) >= 11 is 3.37. The predicted molar refractivity (Wildman–Crippen MR) is 66.5 cm³/mol. The van der Waals surface area contributed by atoms with Crippen LogP contribution in [0.1, 0.15) is 12.0 Å². The SMILES string of the molecule is O=C1OCC(CCO)N1Cc1ccc(Br)cc1. The molecule has 1 heterocycles. The van der Waals surface area contributed by atoms with Gasteiger partial charge in [0, 0.05) is 17.6 Å². The van der Waals surface area contributed by atoms with Gasteiger partial charge in [-0.1, -0.05) is 28.1 Å². The molecule has 1 aliphatic heterocycles. The van der Waals surface area contributed by atoms with Crippen LogP contribution < -0.4 is 0 Å². The molecule has 0 saturated carbocycles. The maximum atomic E-state index is 11.5. The highest BCUT2D eigenvalue weighted by molar-refractivity contribution is 9.10. The zero-order valence-corrected chi connectivity index (χ0v) is 10.9. The van der Waals surface area contributed by atoms with Crippen LogP contribution in [0, 0.1) is 0 Å². The summed E-state index contributed by atoms with van der Waals surface area (Å²) in [6, 6.07) is 7.79. The Labute approximate surface area is 108 Å². The Morgan fingerprint density at radius 3 is 2.76 bits per heavy atom. The molecule has 92 valence electrons. The number of aliphatic hydroxyl groups excluding tert-OH is 1. The molecule has 1 unspecified atom stereocenters. The molecule has 1 aromatic carbocycles. The van der Waals surface area contributed by atoms with Crippen LogP contribution in [0.2, 0.25) is 0 Å². The van der Waals surface area contributed by atoms with Gasteiger partial charge in [0.15, 0.2) is 0 Å². The number of halogens is 1. The Kier molecular flexibility index (Phi) is 4.02. The van der Waals surface area contributed by atoms with E-state index in [1.54, 1.807) is 4.90 Å². The van der Waals surface area contributed by atoms with Gasteiger partial charge in [0.2, 0.25) is 0 Å². The van der Waals surface area contributed by atoms with Crippen LogP contribution >= 0.6 is 15.9 Å². The molecular formula is C12H14BrNO3. The lowest BCUT2D eigenvalue weighted by Crippen LogP contribution is -2.33. The minimum Gasteiger partial charge on any atom is -0.447 e. The third-order valence-corrected chi connectivity index (χ3v) is 3.33. The third-order valence-electron chi connectivity index (χ3n) is 2.80. The molecular weight excluding hydrogens is 286 g/mol. The van der Waals surface area contributed by atoms with Gasteiger partial charge in [-0.3, -0.25) is 4.90 Å². The number of aliphatic hydroxyl groups is 1. The van der Waals surface area contributed by atoms with E-state index in [2.05, 4.69) is 15.9 Å². The Morgan fingerprint density at radius 1 is 1.41 bits per heavy atom. The van der Waals surface area contributed by atoms with E-state index in [4.69, 9.17) is 9.84 Å². The van der Waals surface area contributed by atoms with Gasteiger partial charge in [-0.2, -0.15) is 0 Å². The number of rotatable bonds is 4. The molecule has 2 rings (SSSR count). The topological polar surface area (TPSA) is 49.8 Å². The molecule has 17 heavy (non-hydrogen) atoms. The molecule has 0 spiro atoms. The van der Waals surface area contributed by atoms with E-state index in [1.807, 2.05) is 24.3 Å². The number of hydrogen-bond acceptors (Lipinski definition) is 3. The molecule has 0 aliphatic carbocycles. The van der Waals surface area contributed by atoms with Crippen molar-refractivity contribution >= 4 is 22.0 Å². The molecule has 1 saturated heterocycles. The van der Waals surface area contributed by atoms with Crippen molar-refractivity contribution in [1.82, 2.24) is 4.90 Å². The third kappa shape index (κ3) is 2.98. The average Bonchev–Trinajstić information content (AvgIpc) is 2.65. The number of carbonyl (C=O) groups excluding carboxylic acids is 1. The minimum absolute atomic E-state index is 0.0175. The van der Waals surface area contributed by atoms with E-state index in [0.29, 0.717) is 19.6 Å². The molecule has 4 nitrogen and oxygen atoms in total. The highest BCUT2D eigenvalue weighted by atomic mass is 79.9. The number of carbonyl (C=O) groups is 1. The summed E-state index contributed by atoms with van der Waals surface area (Å²) in [5.41, 5.74) is 1.05. The molecule has 1 aliphatic rings. The maximum absolute atomic E-state index is 11.5. The molecule has 1 N–H and O–H groups in total. The summed E-state index contributed by atoms with van der Waals surface area (Å²) in [6.07, 6.45) is 0.258. The standard InChI is InChI=1S/C12H14BrNO3/c13-10-3-1-9(2-4-10)7-14-11(5-6-15)8-17-12(14)16/h1-4,11,15H,5-8H2. The van der Waals surface area contributed by atoms with Gasteiger partial charge in [-0.15, -0.1) is 0 Å². The van der Waals surface area contributed by atoms with Crippen LogP contribution in [0.15, 0.2) is 28.7 Å². The lowest BCUT2D eigenvalue weighted by molar-refractivity contribution is 0.155. The van der Waals surface area contributed by atoms with E-state index in [1.165, 1.54) is 0 Å². The minimum atomic E-state index is -0.300. The Balaban J connectivity index is 2.05. The van der Waals surface area contributed by atoms with Crippen LogP contribution in [0.5, 0.6) is 0 Å². The maximum Gasteiger partial charge on any atom is 0.410 e. The van der Waals surface area contributed by atoms with E-state index < -0.39 is 0 Å². The Hall–Kier alpha value is -1.07. The highest BCUT2D eigenvalue weighted by Crippen LogP contribution is 2.19. The number of cyclic esters (lactones) is 1. The van der Waals surface area contributed by atoms with Crippen LogP contribution in [-0.4, -0.2) is 35.4 Å². The van der Waals surface area contributed by atoms with Crippen molar-refractivity contribution in [3.05, 3.63) is 34.3 Å². The van der Waals surface area contributed by atoms with Crippen LogP contribution in [0.3, 0.4) is 0 Å². The number of ether oxygens (including phenoxy) is 1. The molecule has 5 heteroatoms. The quantitative estimate of drug-likeness (QED) is 0.927. The monoisotopic (exact) mass is 299 g/mol. The molecule has 1 aromatic rings. The summed E-state index contributed by atoms with van der Waals surface area (Å²) < 4.78 is 6.00. The average molecular weight is 300 g/mol. The highest BCUT2D eigenvalue weighted by Gasteiger charge is 2.32. The zero-order chi connectivity index (χ0) is 12.3. The summed E-state index contributed by atoms with van der Waals surface area (Å²) in [5, 5.41) is 8.93. The fraction of sp³-hybridized carbons (Fsp3) is 0.417. The first-order valence-corrected chi connectivity index (χ1v) is 6.28. The van der Waals surface area contributed by atoms with Gasteiger partial charge in [0.1, 0.15) is 6.61 Å². The van der Waals surface area contributed by atoms with E-state index in [0.717, 1.165) is 10.0 Å². The first-order valence-electron chi connectivity index (χ1n) is 5.49. The van der Waals surface area contributed by atoms with E-state index in [9.17, 15) is 4.79 Å².